The summed E-state index contributed by atoms with van der Waals surface area (Å²) in [6, 6.07) is 0. The molecule has 2 aliphatic rings. The molecule has 182 valence electrons. The molecule has 0 aromatic heterocycles. The lowest BCUT2D eigenvalue weighted by atomic mass is 9.90. The molecule has 1 atom stereocenters. The van der Waals surface area contributed by atoms with E-state index in [0.29, 0.717) is 39.3 Å². The van der Waals surface area contributed by atoms with E-state index in [1.54, 1.807) is 6.92 Å². The highest BCUT2D eigenvalue weighted by molar-refractivity contribution is 5.74. The average molecular weight is 447 g/mol. The van der Waals surface area contributed by atoms with Crippen LogP contribution in [0.5, 0.6) is 0 Å². The minimum Gasteiger partial charge on any atom is -0.457 e. The van der Waals surface area contributed by atoms with Crippen LogP contribution < -0.4 is 0 Å². The highest BCUT2D eigenvalue weighted by atomic mass is 16.9. The summed E-state index contributed by atoms with van der Waals surface area (Å²) in [5.41, 5.74) is -1.04. The van der Waals surface area contributed by atoms with Crippen LogP contribution >= 0.6 is 0 Å². The standard InChI is InChI=1S/C23H42O8/c1-10-22(29-17(5)6)25-12-21(13-26-22)14-27-23(11-2,28-15-21)30-18(7)19(24)31-20(8,9)16(3)4/h16-18H,10-15H2,1-9H3. The van der Waals surface area contributed by atoms with Crippen LogP contribution in [0.1, 0.15) is 75.2 Å². The zero-order valence-corrected chi connectivity index (χ0v) is 20.7. The second kappa shape index (κ2) is 10.0. The van der Waals surface area contributed by atoms with Crippen LogP contribution in [0.2, 0.25) is 0 Å². The maximum absolute atomic E-state index is 12.6. The minimum absolute atomic E-state index is 0.0177. The fourth-order valence-electron chi connectivity index (χ4n) is 3.23. The van der Waals surface area contributed by atoms with Gasteiger partial charge in [-0.1, -0.05) is 27.7 Å². The molecule has 0 bridgehead atoms. The molecule has 2 fully saturated rings. The molecule has 31 heavy (non-hydrogen) atoms. The molecular formula is C23H42O8. The van der Waals surface area contributed by atoms with E-state index in [0.717, 1.165) is 0 Å². The van der Waals surface area contributed by atoms with Gasteiger partial charge in [-0.25, -0.2) is 4.79 Å². The smallest absolute Gasteiger partial charge is 0.335 e. The zero-order chi connectivity index (χ0) is 23.5. The molecule has 2 heterocycles. The van der Waals surface area contributed by atoms with Crippen LogP contribution in [-0.2, 0) is 38.0 Å². The summed E-state index contributed by atoms with van der Waals surface area (Å²) in [7, 11) is 0. The molecule has 0 aromatic rings. The summed E-state index contributed by atoms with van der Waals surface area (Å²) in [4.78, 5) is 12.6. The van der Waals surface area contributed by atoms with E-state index in [9.17, 15) is 4.79 Å². The minimum atomic E-state index is -1.31. The number of esters is 1. The summed E-state index contributed by atoms with van der Waals surface area (Å²) in [6.45, 7) is 18.6. The largest absolute Gasteiger partial charge is 0.457 e. The van der Waals surface area contributed by atoms with E-state index in [1.165, 1.54) is 0 Å². The maximum Gasteiger partial charge on any atom is 0.335 e. The van der Waals surface area contributed by atoms with Gasteiger partial charge < -0.3 is 33.2 Å². The molecular weight excluding hydrogens is 404 g/mol. The molecule has 8 heteroatoms. The fraction of sp³-hybridized carbons (Fsp3) is 0.957. The Hall–Kier alpha value is -0.770. The van der Waals surface area contributed by atoms with Crippen molar-refractivity contribution >= 4 is 5.97 Å². The Morgan fingerprint density at radius 3 is 1.61 bits per heavy atom. The molecule has 2 rings (SSSR count). The second-order valence-electron chi connectivity index (χ2n) is 9.83. The summed E-state index contributed by atoms with van der Waals surface area (Å²) >= 11 is 0. The normalized spacial score (nSPS) is 33.1. The van der Waals surface area contributed by atoms with Gasteiger partial charge in [-0.05, 0) is 40.5 Å². The van der Waals surface area contributed by atoms with Crippen molar-refractivity contribution in [1.29, 1.82) is 0 Å². The highest BCUT2D eigenvalue weighted by Crippen LogP contribution is 2.40. The van der Waals surface area contributed by atoms with E-state index >= 15 is 0 Å². The van der Waals surface area contributed by atoms with E-state index in [-0.39, 0.29) is 12.0 Å². The van der Waals surface area contributed by atoms with Gasteiger partial charge in [0.25, 0.3) is 11.9 Å². The number of hydrogen-bond acceptors (Lipinski definition) is 8. The Kier molecular flexibility index (Phi) is 8.55. The summed E-state index contributed by atoms with van der Waals surface area (Å²) < 4.78 is 41.5. The number of ether oxygens (including phenoxy) is 7. The first kappa shape index (κ1) is 26.5. The van der Waals surface area contributed by atoms with Crippen LogP contribution in [0.3, 0.4) is 0 Å². The van der Waals surface area contributed by atoms with Crippen LogP contribution in [0, 0.1) is 11.3 Å². The summed E-state index contributed by atoms with van der Waals surface area (Å²) in [5.74, 6) is -2.61. The topological polar surface area (TPSA) is 81.7 Å². The highest BCUT2D eigenvalue weighted by Gasteiger charge is 2.52. The van der Waals surface area contributed by atoms with E-state index < -0.39 is 35.0 Å². The third-order valence-corrected chi connectivity index (χ3v) is 6.12. The first-order chi connectivity index (χ1) is 14.3. The summed E-state index contributed by atoms with van der Waals surface area (Å²) in [5, 5.41) is 0. The van der Waals surface area contributed by atoms with Crippen molar-refractivity contribution in [2.45, 2.75) is 105 Å². The van der Waals surface area contributed by atoms with Crippen LogP contribution in [0.4, 0.5) is 0 Å². The average Bonchev–Trinajstić information content (AvgIpc) is 2.71. The lowest BCUT2D eigenvalue weighted by Crippen LogP contribution is -2.60. The lowest BCUT2D eigenvalue weighted by molar-refractivity contribution is -0.471. The van der Waals surface area contributed by atoms with Crippen molar-refractivity contribution in [3.05, 3.63) is 0 Å². The summed E-state index contributed by atoms with van der Waals surface area (Å²) in [6.07, 6.45) is 0.150. The van der Waals surface area contributed by atoms with Gasteiger partial charge in [0.2, 0.25) is 0 Å². The molecule has 0 aliphatic carbocycles. The van der Waals surface area contributed by atoms with E-state index in [1.807, 2.05) is 55.4 Å². The van der Waals surface area contributed by atoms with Gasteiger partial charge in [0.05, 0.1) is 37.9 Å². The van der Waals surface area contributed by atoms with Crippen molar-refractivity contribution in [3.63, 3.8) is 0 Å². The molecule has 2 saturated heterocycles. The molecule has 2 aliphatic heterocycles. The molecule has 0 N–H and O–H groups in total. The first-order valence-corrected chi connectivity index (χ1v) is 11.5. The van der Waals surface area contributed by atoms with Crippen molar-refractivity contribution in [2.24, 2.45) is 11.3 Å². The van der Waals surface area contributed by atoms with Crippen LogP contribution in [0.15, 0.2) is 0 Å². The quantitative estimate of drug-likeness (QED) is 0.492. The fourth-order valence-corrected chi connectivity index (χ4v) is 3.23. The van der Waals surface area contributed by atoms with Gasteiger partial charge in [-0.15, -0.1) is 0 Å². The van der Waals surface area contributed by atoms with E-state index in [2.05, 4.69) is 0 Å². The molecule has 1 unspecified atom stereocenters. The zero-order valence-electron chi connectivity index (χ0n) is 20.7. The first-order valence-electron chi connectivity index (χ1n) is 11.5. The van der Waals surface area contributed by atoms with Gasteiger partial charge in [-0.2, -0.15) is 0 Å². The molecule has 0 amide bonds. The number of hydrogen-bond donors (Lipinski definition) is 0. The molecule has 0 radical (unpaired) electrons. The van der Waals surface area contributed by atoms with E-state index in [4.69, 9.17) is 33.2 Å². The van der Waals surface area contributed by atoms with Gasteiger partial charge in [0, 0.05) is 12.8 Å². The number of carbonyl (C=O) groups excluding carboxylic acids is 1. The Morgan fingerprint density at radius 1 is 0.839 bits per heavy atom. The Labute approximate surface area is 187 Å². The second-order valence-corrected chi connectivity index (χ2v) is 9.83. The SMILES string of the molecule is CCC1(OC(C)C)OCC2(CO1)COC(CC)(OC(C)C(=O)OC(C)(C)C(C)C)OC2. The third-order valence-electron chi connectivity index (χ3n) is 6.12. The Balaban J connectivity index is 1.95. The van der Waals surface area contributed by atoms with Crippen molar-refractivity contribution < 1.29 is 38.0 Å². The molecule has 1 spiro atoms. The van der Waals surface area contributed by atoms with Crippen molar-refractivity contribution in [3.8, 4) is 0 Å². The predicted octanol–water partition coefficient (Wildman–Crippen LogP) is 4.00. The van der Waals surface area contributed by atoms with Gasteiger partial charge in [0.15, 0.2) is 6.10 Å². The van der Waals surface area contributed by atoms with Crippen molar-refractivity contribution in [1.82, 2.24) is 0 Å². The molecule has 0 saturated carbocycles. The Bertz CT molecular complexity index is 582. The lowest BCUT2D eigenvalue weighted by Gasteiger charge is -2.50. The number of carbonyl (C=O) groups is 1. The van der Waals surface area contributed by atoms with Crippen LogP contribution in [0.25, 0.3) is 0 Å². The third kappa shape index (κ3) is 6.39. The predicted molar refractivity (Wildman–Crippen MR) is 114 cm³/mol. The monoisotopic (exact) mass is 446 g/mol. The molecule has 8 nitrogen and oxygen atoms in total. The van der Waals surface area contributed by atoms with Crippen LogP contribution in [-0.4, -0.2) is 62.2 Å². The van der Waals surface area contributed by atoms with Gasteiger partial charge in [0.1, 0.15) is 5.60 Å². The number of rotatable bonds is 9. The maximum atomic E-state index is 12.6. The Morgan fingerprint density at radius 2 is 1.26 bits per heavy atom. The van der Waals surface area contributed by atoms with Gasteiger partial charge in [-0.3, -0.25) is 0 Å². The van der Waals surface area contributed by atoms with Gasteiger partial charge >= 0.3 is 5.97 Å². The molecule has 0 aromatic carbocycles. The van der Waals surface area contributed by atoms with Crippen molar-refractivity contribution in [2.75, 3.05) is 26.4 Å².